The van der Waals surface area contributed by atoms with Crippen LogP contribution in [0.2, 0.25) is 0 Å². The maximum absolute atomic E-state index is 10.6. The van der Waals surface area contributed by atoms with Gasteiger partial charge in [0, 0.05) is 20.7 Å². The Balaban J connectivity index is 2.20. The van der Waals surface area contributed by atoms with E-state index in [0.717, 1.165) is 38.6 Å². The molecular formula is C14H11Br2NO. The number of nitrogens with zero attached hydrogens (tertiary/aromatic N) is 1. The summed E-state index contributed by atoms with van der Waals surface area (Å²) in [5, 5.41) is 10.6. The van der Waals surface area contributed by atoms with Crippen molar-refractivity contribution in [2.24, 2.45) is 0 Å². The zero-order valence-corrected chi connectivity index (χ0v) is 12.7. The van der Waals surface area contributed by atoms with E-state index in [0.29, 0.717) is 0 Å². The van der Waals surface area contributed by atoms with Crippen LogP contribution in [0.1, 0.15) is 28.5 Å². The van der Waals surface area contributed by atoms with Gasteiger partial charge >= 0.3 is 0 Å². The molecule has 1 atom stereocenters. The van der Waals surface area contributed by atoms with E-state index in [4.69, 9.17) is 0 Å². The number of hydrogen-bond acceptors (Lipinski definition) is 2. The lowest BCUT2D eigenvalue weighted by Crippen LogP contribution is -2.05. The Hall–Kier alpha value is -0.710. The summed E-state index contributed by atoms with van der Waals surface area (Å²) in [5.74, 6) is 0. The summed E-state index contributed by atoms with van der Waals surface area (Å²) >= 11 is 6.96. The molecule has 1 aromatic carbocycles. The van der Waals surface area contributed by atoms with Crippen molar-refractivity contribution in [3.8, 4) is 0 Å². The first kappa shape index (κ1) is 12.3. The van der Waals surface area contributed by atoms with Crippen molar-refractivity contribution in [2.75, 3.05) is 0 Å². The minimum absolute atomic E-state index is 0.652. The summed E-state index contributed by atoms with van der Waals surface area (Å²) < 4.78 is 1.91. The van der Waals surface area contributed by atoms with Gasteiger partial charge in [0.1, 0.15) is 6.10 Å². The minimum atomic E-state index is -0.652. The Kier molecular flexibility index (Phi) is 3.26. The highest BCUT2D eigenvalue weighted by Gasteiger charge is 2.24. The molecule has 1 aliphatic rings. The summed E-state index contributed by atoms with van der Waals surface area (Å²) in [5.41, 5.74) is 4.01. The van der Waals surface area contributed by atoms with Gasteiger partial charge in [0.15, 0.2) is 0 Å². The molecule has 0 spiro atoms. The molecule has 1 unspecified atom stereocenters. The summed E-state index contributed by atoms with van der Waals surface area (Å²) in [4.78, 5) is 4.38. The number of hydrogen-bond donors (Lipinski definition) is 1. The van der Waals surface area contributed by atoms with Gasteiger partial charge in [0.25, 0.3) is 0 Å². The lowest BCUT2D eigenvalue weighted by Gasteiger charge is -2.15. The standard InChI is InChI=1S/C14H11Br2NO/c15-10-6-9-5-4-8-2-1-3-11(16)12(8)14(18)13(9)17-7-10/h1-3,6-7,14,18H,4-5H2. The third kappa shape index (κ3) is 2.02. The zero-order chi connectivity index (χ0) is 12.7. The van der Waals surface area contributed by atoms with Crippen molar-refractivity contribution in [2.45, 2.75) is 18.9 Å². The molecule has 3 rings (SSSR count). The van der Waals surface area contributed by atoms with Crippen LogP contribution in [0.15, 0.2) is 39.4 Å². The number of benzene rings is 1. The van der Waals surface area contributed by atoms with Gasteiger partial charge in [-0.3, -0.25) is 4.98 Å². The SMILES string of the molecule is OC1c2ncc(Br)cc2CCc2cccc(Br)c21. The molecule has 0 aliphatic heterocycles. The minimum Gasteiger partial charge on any atom is -0.382 e. The normalized spacial score (nSPS) is 17.8. The van der Waals surface area contributed by atoms with Crippen molar-refractivity contribution >= 4 is 31.9 Å². The van der Waals surface area contributed by atoms with Crippen LogP contribution in [0.5, 0.6) is 0 Å². The van der Waals surface area contributed by atoms with Crippen LogP contribution >= 0.6 is 31.9 Å². The van der Waals surface area contributed by atoms with Crippen LogP contribution in [0.4, 0.5) is 0 Å². The van der Waals surface area contributed by atoms with Crippen molar-refractivity contribution < 1.29 is 5.11 Å². The fourth-order valence-electron chi connectivity index (χ4n) is 2.45. The number of aryl methyl sites for hydroxylation is 2. The van der Waals surface area contributed by atoms with E-state index in [-0.39, 0.29) is 0 Å². The molecule has 0 bridgehead atoms. The second-order valence-electron chi connectivity index (χ2n) is 4.41. The molecule has 2 aromatic rings. The molecule has 2 nitrogen and oxygen atoms in total. The number of aromatic nitrogens is 1. The second kappa shape index (κ2) is 4.76. The fraction of sp³-hybridized carbons (Fsp3) is 0.214. The Morgan fingerprint density at radius 2 is 1.94 bits per heavy atom. The van der Waals surface area contributed by atoms with Gasteiger partial charge in [0.05, 0.1) is 5.69 Å². The second-order valence-corrected chi connectivity index (χ2v) is 6.18. The van der Waals surface area contributed by atoms with Crippen LogP contribution in [0.25, 0.3) is 0 Å². The molecule has 0 fully saturated rings. The highest BCUT2D eigenvalue weighted by atomic mass is 79.9. The number of rotatable bonds is 0. The number of pyridine rings is 1. The van der Waals surface area contributed by atoms with Crippen LogP contribution in [0.3, 0.4) is 0 Å². The number of aliphatic hydroxyl groups is 1. The monoisotopic (exact) mass is 367 g/mol. The molecular weight excluding hydrogens is 358 g/mol. The Morgan fingerprint density at radius 1 is 1.17 bits per heavy atom. The molecule has 18 heavy (non-hydrogen) atoms. The Labute approximate surface area is 122 Å². The summed E-state index contributed by atoms with van der Waals surface area (Å²) in [6.07, 6.45) is 2.92. The van der Waals surface area contributed by atoms with Crippen molar-refractivity contribution in [3.05, 3.63) is 61.8 Å². The molecule has 92 valence electrons. The third-order valence-electron chi connectivity index (χ3n) is 3.31. The molecule has 0 amide bonds. The maximum Gasteiger partial charge on any atom is 0.123 e. The lowest BCUT2D eigenvalue weighted by atomic mass is 10.0. The van der Waals surface area contributed by atoms with Gasteiger partial charge in [-0.15, -0.1) is 0 Å². The van der Waals surface area contributed by atoms with E-state index in [1.807, 2.05) is 18.2 Å². The molecule has 0 saturated heterocycles. The topological polar surface area (TPSA) is 33.1 Å². The first-order valence-corrected chi connectivity index (χ1v) is 7.35. The first-order chi connectivity index (χ1) is 8.66. The van der Waals surface area contributed by atoms with Crippen molar-refractivity contribution in [1.29, 1.82) is 0 Å². The smallest absolute Gasteiger partial charge is 0.123 e. The third-order valence-corrected chi connectivity index (χ3v) is 4.43. The fourth-order valence-corrected chi connectivity index (χ4v) is 3.45. The Bertz CT molecular complexity index is 613. The van der Waals surface area contributed by atoms with Gasteiger partial charge in [-0.2, -0.15) is 0 Å². The highest BCUT2D eigenvalue weighted by molar-refractivity contribution is 9.10. The van der Waals surface area contributed by atoms with Crippen molar-refractivity contribution in [1.82, 2.24) is 4.98 Å². The van der Waals surface area contributed by atoms with Crippen LogP contribution in [-0.2, 0) is 12.8 Å². The summed E-state index contributed by atoms with van der Waals surface area (Å²) in [6, 6.07) is 8.09. The van der Waals surface area contributed by atoms with E-state index in [1.54, 1.807) is 6.20 Å². The van der Waals surface area contributed by atoms with Gasteiger partial charge in [-0.25, -0.2) is 0 Å². The van der Waals surface area contributed by atoms with E-state index in [2.05, 4.69) is 42.9 Å². The number of halogens is 2. The summed E-state index contributed by atoms with van der Waals surface area (Å²) in [6.45, 7) is 0. The lowest BCUT2D eigenvalue weighted by molar-refractivity contribution is 0.214. The van der Waals surface area contributed by atoms with Gasteiger partial charge in [-0.05, 0) is 52.0 Å². The van der Waals surface area contributed by atoms with Crippen LogP contribution in [-0.4, -0.2) is 10.1 Å². The van der Waals surface area contributed by atoms with Crippen molar-refractivity contribution in [3.63, 3.8) is 0 Å². The molecule has 0 saturated carbocycles. The molecule has 1 aromatic heterocycles. The van der Waals surface area contributed by atoms with Gasteiger partial charge < -0.3 is 5.11 Å². The number of fused-ring (bicyclic) bond motifs is 2. The van der Waals surface area contributed by atoms with Gasteiger partial charge in [0.2, 0.25) is 0 Å². The average Bonchev–Trinajstić information content (AvgIpc) is 2.48. The van der Waals surface area contributed by atoms with E-state index >= 15 is 0 Å². The maximum atomic E-state index is 10.6. The molecule has 0 radical (unpaired) electrons. The zero-order valence-electron chi connectivity index (χ0n) is 9.53. The first-order valence-electron chi connectivity index (χ1n) is 5.76. The molecule has 1 heterocycles. The molecule has 4 heteroatoms. The average molecular weight is 369 g/mol. The highest BCUT2D eigenvalue weighted by Crippen LogP contribution is 2.36. The predicted molar refractivity (Wildman–Crippen MR) is 77.5 cm³/mol. The van der Waals surface area contributed by atoms with Crippen LogP contribution in [0, 0.1) is 0 Å². The van der Waals surface area contributed by atoms with E-state index in [9.17, 15) is 5.11 Å². The molecule has 1 aliphatic carbocycles. The molecule has 1 N–H and O–H groups in total. The quantitative estimate of drug-likeness (QED) is 0.767. The van der Waals surface area contributed by atoms with Crippen LogP contribution < -0.4 is 0 Å². The number of aliphatic hydroxyl groups excluding tert-OH is 1. The Morgan fingerprint density at radius 3 is 2.78 bits per heavy atom. The van der Waals surface area contributed by atoms with E-state index < -0.39 is 6.10 Å². The van der Waals surface area contributed by atoms with Gasteiger partial charge in [-0.1, -0.05) is 28.1 Å². The van der Waals surface area contributed by atoms with E-state index in [1.165, 1.54) is 5.56 Å². The summed E-state index contributed by atoms with van der Waals surface area (Å²) in [7, 11) is 0. The predicted octanol–water partition coefficient (Wildman–Crippen LogP) is 3.79. The largest absolute Gasteiger partial charge is 0.382 e.